The Hall–Kier alpha value is -1.82. The van der Waals surface area contributed by atoms with Gasteiger partial charge in [0.15, 0.2) is 0 Å². The normalized spacial score (nSPS) is 24.6. The van der Waals surface area contributed by atoms with Crippen LogP contribution in [0.1, 0.15) is 27.2 Å². The molecule has 120 valence electrons. The number of pyridine rings is 1. The van der Waals surface area contributed by atoms with Crippen molar-refractivity contribution in [2.75, 3.05) is 30.4 Å². The van der Waals surface area contributed by atoms with Crippen LogP contribution in [-0.4, -0.2) is 53.8 Å². The number of nitrogens with one attached hydrogen (secondary N) is 1. The molecule has 1 amide bonds. The number of amides is 1. The number of nitrogens with zero attached hydrogens (tertiary/aromatic N) is 3. The average molecular weight is 304 g/mol. The first-order chi connectivity index (χ1) is 10.3. The second-order valence-corrected chi connectivity index (χ2v) is 7.14. The fraction of sp³-hybridized carbons (Fsp3) is 0.625. The van der Waals surface area contributed by atoms with Crippen LogP contribution in [0.15, 0.2) is 18.2 Å². The molecule has 2 aliphatic heterocycles. The third-order valence-corrected chi connectivity index (χ3v) is 4.17. The molecule has 1 aromatic heterocycles. The molecular weight excluding hydrogens is 280 g/mol. The van der Waals surface area contributed by atoms with E-state index in [4.69, 9.17) is 4.74 Å². The maximum absolute atomic E-state index is 11.8. The SMILES string of the molecule is CN1C[C@@H]2C[C@H]1CN2c1cccc(NC(=O)OC(C)(C)C)n1. The predicted octanol–water partition coefficient (Wildman–Crippen LogP) is 2.32. The van der Waals surface area contributed by atoms with E-state index in [0.29, 0.717) is 17.9 Å². The highest BCUT2D eigenvalue weighted by atomic mass is 16.6. The van der Waals surface area contributed by atoms with Crippen LogP contribution < -0.4 is 10.2 Å². The first-order valence-electron chi connectivity index (χ1n) is 7.76. The topological polar surface area (TPSA) is 57.7 Å². The van der Waals surface area contributed by atoms with Gasteiger partial charge in [-0.05, 0) is 46.4 Å². The highest BCUT2D eigenvalue weighted by Gasteiger charge is 2.41. The number of ether oxygens (including phenoxy) is 1. The summed E-state index contributed by atoms with van der Waals surface area (Å²) in [6, 6.07) is 6.85. The molecule has 2 saturated heterocycles. The fourth-order valence-electron chi connectivity index (χ4n) is 3.21. The number of piperazine rings is 1. The molecule has 1 aromatic rings. The van der Waals surface area contributed by atoms with E-state index in [1.54, 1.807) is 6.07 Å². The summed E-state index contributed by atoms with van der Waals surface area (Å²) < 4.78 is 5.26. The zero-order valence-electron chi connectivity index (χ0n) is 13.7. The van der Waals surface area contributed by atoms with E-state index >= 15 is 0 Å². The Morgan fingerprint density at radius 1 is 1.32 bits per heavy atom. The van der Waals surface area contributed by atoms with Gasteiger partial charge in [-0.2, -0.15) is 0 Å². The molecular formula is C16H24N4O2. The van der Waals surface area contributed by atoms with Gasteiger partial charge in [0.05, 0.1) is 0 Å². The monoisotopic (exact) mass is 304 g/mol. The molecule has 2 bridgehead atoms. The van der Waals surface area contributed by atoms with Crippen LogP contribution in [0, 0.1) is 0 Å². The molecule has 0 aromatic carbocycles. The van der Waals surface area contributed by atoms with Crippen LogP contribution in [0.2, 0.25) is 0 Å². The number of hydrogen-bond donors (Lipinski definition) is 1. The lowest BCUT2D eigenvalue weighted by Crippen LogP contribution is -2.44. The summed E-state index contributed by atoms with van der Waals surface area (Å²) in [6.45, 7) is 7.61. The van der Waals surface area contributed by atoms with Crippen LogP contribution in [-0.2, 0) is 4.74 Å². The summed E-state index contributed by atoms with van der Waals surface area (Å²) in [5.74, 6) is 1.46. The second-order valence-electron chi connectivity index (χ2n) is 7.14. The van der Waals surface area contributed by atoms with Crippen LogP contribution in [0.3, 0.4) is 0 Å². The third-order valence-electron chi connectivity index (χ3n) is 4.17. The van der Waals surface area contributed by atoms with Gasteiger partial charge < -0.3 is 9.64 Å². The van der Waals surface area contributed by atoms with Gasteiger partial charge in [-0.3, -0.25) is 10.2 Å². The van der Waals surface area contributed by atoms with Gasteiger partial charge in [0.25, 0.3) is 0 Å². The zero-order valence-corrected chi connectivity index (χ0v) is 13.7. The minimum absolute atomic E-state index is 0.472. The lowest BCUT2D eigenvalue weighted by molar-refractivity contribution is 0.0635. The number of fused-ring (bicyclic) bond motifs is 2. The van der Waals surface area contributed by atoms with Gasteiger partial charge in [-0.25, -0.2) is 9.78 Å². The van der Waals surface area contributed by atoms with Crippen LogP contribution in [0.4, 0.5) is 16.4 Å². The van der Waals surface area contributed by atoms with Crippen LogP contribution >= 0.6 is 0 Å². The molecule has 3 rings (SSSR count). The van der Waals surface area contributed by atoms with Crippen LogP contribution in [0.5, 0.6) is 0 Å². The van der Waals surface area contributed by atoms with E-state index in [0.717, 1.165) is 18.9 Å². The van der Waals surface area contributed by atoms with Crippen molar-refractivity contribution < 1.29 is 9.53 Å². The largest absolute Gasteiger partial charge is 0.444 e. The second kappa shape index (κ2) is 5.43. The molecule has 1 N–H and O–H groups in total. The zero-order chi connectivity index (χ0) is 15.9. The number of rotatable bonds is 2. The van der Waals surface area contributed by atoms with Gasteiger partial charge in [0, 0.05) is 25.2 Å². The Morgan fingerprint density at radius 2 is 2.09 bits per heavy atom. The van der Waals surface area contributed by atoms with Crippen molar-refractivity contribution in [2.24, 2.45) is 0 Å². The van der Waals surface area contributed by atoms with Crippen molar-refractivity contribution in [2.45, 2.75) is 44.9 Å². The van der Waals surface area contributed by atoms with Gasteiger partial charge in [0.1, 0.15) is 17.2 Å². The smallest absolute Gasteiger partial charge is 0.413 e. The van der Waals surface area contributed by atoms with E-state index in [-0.39, 0.29) is 0 Å². The minimum atomic E-state index is -0.514. The van der Waals surface area contributed by atoms with Gasteiger partial charge in [-0.1, -0.05) is 6.07 Å². The average Bonchev–Trinajstić information content (AvgIpc) is 2.95. The fourth-order valence-corrected chi connectivity index (χ4v) is 3.21. The quantitative estimate of drug-likeness (QED) is 0.908. The molecule has 6 heteroatoms. The van der Waals surface area contributed by atoms with E-state index in [1.807, 2.05) is 32.9 Å². The van der Waals surface area contributed by atoms with Crippen LogP contribution in [0.25, 0.3) is 0 Å². The molecule has 0 unspecified atom stereocenters. The van der Waals surface area contributed by atoms with Gasteiger partial charge >= 0.3 is 6.09 Å². The highest BCUT2D eigenvalue weighted by Crippen LogP contribution is 2.32. The molecule has 0 spiro atoms. The minimum Gasteiger partial charge on any atom is -0.444 e. The number of carbonyl (C=O) groups is 1. The van der Waals surface area contributed by atoms with E-state index in [2.05, 4.69) is 27.1 Å². The van der Waals surface area contributed by atoms with Gasteiger partial charge in [-0.15, -0.1) is 0 Å². The maximum atomic E-state index is 11.8. The molecule has 2 aliphatic rings. The molecule has 6 nitrogen and oxygen atoms in total. The molecule has 0 radical (unpaired) electrons. The van der Waals surface area contributed by atoms with Gasteiger partial charge in [0.2, 0.25) is 0 Å². The molecule has 0 aliphatic carbocycles. The number of aromatic nitrogens is 1. The molecule has 0 saturated carbocycles. The number of carbonyl (C=O) groups excluding carboxylic acids is 1. The van der Waals surface area contributed by atoms with Crippen molar-refractivity contribution in [3.8, 4) is 0 Å². The summed E-state index contributed by atoms with van der Waals surface area (Å²) in [5.41, 5.74) is -0.514. The molecule has 2 atom stereocenters. The summed E-state index contributed by atoms with van der Waals surface area (Å²) in [7, 11) is 2.18. The Balaban J connectivity index is 1.67. The van der Waals surface area contributed by atoms with Crippen molar-refractivity contribution in [3.63, 3.8) is 0 Å². The standard InChI is InChI=1S/C16H24N4O2/c1-16(2,3)22-15(21)18-13-6-5-7-14(17-13)20-10-11-8-12(20)9-19(11)4/h5-7,11-12H,8-10H2,1-4H3,(H,17,18,21)/t11-,12-/m0/s1. The van der Waals surface area contributed by atoms with Crippen molar-refractivity contribution >= 4 is 17.7 Å². The number of hydrogen-bond acceptors (Lipinski definition) is 5. The van der Waals surface area contributed by atoms with E-state index in [1.165, 1.54) is 6.42 Å². The van der Waals surface area contributed by atoms with Crippen molar-refractivity contribution in [3.05, 3.63) is 18.2 Å². The highest BCUT2D eigenvalue weighted by molar-refractivity contribution is 5.83. The molecule has 22 heavy (non-hydrogen) atoms. The lowest BCUT2D eigenvalue weighted by atomic mass is 10.2. The predicted molar refractivity (Wildman–Crippen MR) is 86.3 cm³/mol. The first kappa shape index (κ1) is 15.1. The summed E-state index contributed by atoms with van der Waals surface area (Å²) >= 11 is 0. The maximum Gasteiger partial charge on any atom is 0.413 e. The summed E-state index contributed by atoms with van der Waals surface area (Å²) in [6.07, 6.45) is 0.724. The Bertz CT molecular complexity index is 568. The molecule has 2 fully saturated rings. The number of anilines is 2. The van der Waals surface area contributed by atoms with E-state index in [9.17, 15) is 4.79 Å². The van der Waals surface area contributed by atoms with E-state index < -0.39 is 11.7 Å². The first-order valence-corrected chi connectivity index (χ1v) is 7.76. The Labute approximate surface area is 131 Å². The van der Waals surface area contributed by atoms with Crippen molar-refractivity contribution in [1.82, 2.24) is 9.88 Å². The summed E-state index contributed by atoms with van der Waals surface area (Å²) in [4.78, 5) is 21.1. The summed E-state index contributed by atoms with van der Waals surface area (Å²) in [5, 5.41) is 2.71. The van der Waals surface area contributed by atoms with Crippen molar-refractivity contribution in [1.29, 1.82) is 0 Å². The Morgan fingerprint density at radius 3 is 2.68 bits per heavy atom. The third kappa shape index (κ3) is 3.16. The number of likely N-dealkylation sites (tertiary alicyclic amines) is 1. The number of likely N-dealkylation sites (N-methyl/N-ethyl adjacent to an activating group) is 1. The molecule has 3 heterocycles. The lowest BCUT2D eigenvalue weighted by Gasteiger charge is -2.32. The Kier molecular flexibility index (Phi) is 3.72.